The van der Waals surface area contributed by atoms with E-state index in [0.29, 0.717) is 53.5 Å². The topological polar surface area (TPSA) is 97.5 Å². The minimum absolute atomic E-state index is 0.119. The number of carbonyl (C=O) groups is 1. The Labute approximate surface area is 159 Å². The summed E-state index contributed by atoms with van der Waals surface area (Å²) in [4.78, 5) is 19.9. The molecule has 1 aromatic heterocycles. The third-order valence-electron chi connectivity index (χ3n) is 4.57. The number of hydrogen-bond acceptors (Lipinski definition) is 8. The highest BCUT2D eigenvalue weighted by molar-refractivity contribution is 6.43. The van der Waals surface area contributed by atoms with Crippen LogP contribution in [0.5, 0.6) is 0 Å². The first-order valence-electron chi connectivity index (χ1n) is 8.12. The summed E-state index contributed by atoms with van der Waals surface area (Å²) in [5, 5.41) is 9.22. The van der Waals surface area contributed by atoms with Crippen LogP contribution in [0.4, 0.5) is 11.8 Å². The second-order valence-corrected chi connectivity index (χ2v) is 6.99. The zero-order valence-corrected chi connectivity index (χ0v) is 15.2. The van der Waals surface area contributed by atoms with Crippen LogP contribution >= 0.6 is 23.2 Å². The fraction of sp³-hybridized carbons (Fsp3) is 0.375. The molecule has 0 aliphatic carbocycles. The van der Waals surface area contributed by atoms with Gasteiger partial charge in [0.25, 0.3) is 0 Å². The molecule has 0 unspecified atom stereocenters. The molecule has 2 aliphatic heterocycles. The van der Waals surface area contributed by atoms with Crippen molar-refractivity contribution in [3.63, 3.8) is 0 Å². The number of halogens is 2. The Morgan fingerprint density at radius 1 is 1.23 bits per heavy atom. The molecule has 0 amide bonds. The Kier molecular flexibility index (Phi) is 4.56. The number of nitrogen functional groups attached to an aromatic ring is 1. The summed E-state index contributed by atoms with van der Waals surface area (Å²) in [6.45, 7) is 2.75. The number of anilines is 2. The highest BCUT2D eigenvalue weighted by atomic mass is 35.5. The summed E-state index contributed by atoms with van der Waals surface area (Å²) < 4.78 is 5.14. The monoisotopic (exact) mass is 394 g/mol. The summed E-state index contributed by atoms with van der Waals surface area (Å²) in [6.07, 6.45) is 0. The summed E-state index contributed by atoms with van der Waals surface area (Å²) in [6, 6.07) is 5.34. The highest BCUT2D eigenvalue weighted by Gasteiger charge is 2.34. The number of nitrogens with two attached hydrogens (primary N) is 1. The van der Waals surface area contributed by atoms with E-state index in [0.717, 1.165) is 6.54 Å². The first kappa shape index (κ1) is 17.3. The number of fused-ring (bicyclic) bond motifs is 1. The van der Waals surface area contributed by atoms with Crippen LogP contribution in [-0.4, -0.2) is 64.9 Å². The fourth-order valence-corrected chi connectivity index (χ4v) is 3.57. The Hall–Kier alpha value is -2.16. The van der Waals surface area contributed by atoms with Gasteiger partial charge in [0, 0.05) is 25.2 Å². The van der Waals surface area contributed by atoms with Crippen molar-refractivity contribution in [2.75, 3.05) is 43.4 Å². The van der Waals surface area contributed by atoms with E-state index >= 15 is 0 Å². The second kappa shape index (κ2) is 6.86. The molecule has 0 radical (unpaired) electrons. The van der Waals surface area contributed by atoms with E-state index in [9.17, 15) is 4.79 Å². The van der Waals surface area contributed by atoms with Crippen LogP contribution in [0.2, 0.25) is 10.0 Å². The molecule has 2 aliphatic rings. The summed E-state index contributed by atoms with van der Waals surface area (Å²) in [5.74, 6) is 0.497. The maximum absolute atomic E-state index is 11.4. The van der Waals surface area contributed by atoms with Crippen LogP contribution < -0.4 is 10.6 Å². The number of morpholine rings is 1. The number of piperazine rings is 1. The first-order chi connectivity index (χ1) is 12.5. The van der Waals surface area contributed by atoms with Crippen molar-refractivity contribution in [1.82, 2.24) is 20.1 Å². The zero-order valence-electron chi connectivity index (χ0n) is 13.7. The number of esters is 1. The smallest absolute Gasteiger partial charge is 0.320 e. The van der Waals surface area contributed by atoms with Gasteiger partial charge in [-0.1, -0.05) is 35.3 Å². The third kappa shape index (κ3) is 3.15. The summed E-state index contributed by atoms with van der Waals surface area (Å²) >= 11 is 12.3. The van der Waals surface area contributed by atoms with Crippen molar-refractivity contribution < 1.29 is 9.53 Å². The predicted octanol–water partition coefficient (Wildman–Crippen LogP) is 1.48. The average Bonchev–Trinajstić information content (AvgIpc) is 2.64. The fourth-order valence-electron chi connectivity index (χ4n) is 3.18. The van der Waals surface area contributed by atoms with E-state index in [-0.39, 0.29) is 17.8 Å². The van der Waals surface area contributed by atoms with Crippen LogP contribution in [0.25, 0.3) is 11.3 Å². The third-order valence-corrected chi connectivity index (χ3v) is 5.38. The molecule has 26 heavy (non-hydrogen) atoms. The van der Waals surface area contributed by atoms with Crippen LogP contribution in [0.1, 0.15) is 0 Å². The van der Waals surface area contributed by atoms with Gasteiger partial charge in [0.2, 0.25) is 5.95 Å². The lowest BCUT2D eigenvalue weighted by molar-refractivity contribution is -0.154. The van der Waals surface area contributed by atoms with E-state index < -0.39 is 0 Å². The minimum Gasteiger partial charge on any atom is -0.463 e. The van der Waals surface area contributed by atoms with Crippen molar-refractivity contribution in [2.45, 2.75) is 6.04 Å². The molecule has 0 spiro atoms. The SMILES string of the molecule is Nc1nc(N2CCN3CC(=O)OC[C@@H]3C2)nnc1-c1cccc(Cl)c1Cl. The Bertz CT molecular complexity index is 865. The van der Waals surface area contributed by atoms with Gasteiger partial charge in [-0.2, -0.15) is 4.98 Å². The van der Waals surface area contributed by atoms with Crippen molar-refractivity contribution >= 4 is 40.9 Å². The standard InChI is InChI=1S/C16H16Cl2N6O2/c17-11-3-1-2-10(13(11)18)14-15(19)20-16(22-21-14)24-5-4-23-7-12(25)26-8-9(23)6-24/h1-3,9H,4-8H2,(H2,19,20,22)/t9-/m0/s1. The molecule has 2 N–H and O–H groups in total. The number of ether oxygens (including phenoxy) is 1. The van der Waals surface area contributed by atoms with Crippen molar-refractivity contribution in [1.29, 1.82) is 0 Å². The molecule has 10 heteroatoms. The molecule has 4 rings (SSSR count). The maximum Gasteiger partial charge on any atom is 0.320 e. The van der Waals surface area contributed by atoms with Crippen molar-refractivity contribution in [3.8, 4) is 11.3 Å². The van der Waals surface area contributed by atoms with E-state index in [1.54, 1.807) is 18.2 Å². The minimum atomic E-state index is -0.181. The lowest BCUT2D eigenvalue weighted by atomic mass is 10.1. The molecule has 3 heterocycles. The quantitative estimate of drug-likeness (QED) is 0.764. The van der Waals surface area contributed by atoms with E-state index in [4.69, 9.17) is 33.7 Å². The van der Waals surface area contributed by atoms with Crippen LogP contribution in [0.3, 0.4) is 0 Å². The number of benzene rings is 1. The zero-order chi connectivity index (χ0) is 18.3. The molecule has 0 bridgehead atoms. The normalized spacial score (nSPS) is 20.6. The molecule has 1 aromatic carbocycles. The van der Waals surface area contributed by atoms with Gasteiger partial charge in [-0.25, -0.2) is 0 Å². The van der Waals surface area contributed by atoms with Gasteiger partial charge in [0.15, 0.2) is 5.82 Å². The second-order valence-electron chi connectivity index (χ2n) is 6.20. The van der Waals surface area contributed by atoms with Gasteiger partial charge in [0.05, 0.1) is 22.6 Å². The van der Waals surface area contributed by atoms with Gasteiger partial charge in [-0.15, -0.1) is 10.2 Å². The molecule has 2 fully saturated rings. The van der Waals surface area contributed by atoms with Gasteiger partial charge < -0.3 is 15.4 Å². The predicted molar refractivity (Wildman–Crippen MR) is 98.2 cm³/mol. The highest BCUT2D eigenvalue weighted by Crippen LogP contribution is 2.34. The largest absolute Gasteiger partial charge is 0.463 e. The first-order valence-corrected chi connectivity index (χ1v) is 8.87. The number of cyclic esters (lactones) is 1. The molecule has 2 saturated heterocycles. The molecule has 8 nitrogen and oxygen atoms in total. The maximum atomic E-state index is 11.4. The molecular formula is C16H16Cl2N6O2. The number of carbonyl (C=O) groups excluding carboxylic acids is 1. The molecule has 1 atom stereocenters. The average molecular weight is 395 g/mol. The van der Waals surface area contributed by atoms with Gasteiger partial charge >= 0.3 is 5.97 Å². The van der Waals surface area contributed by atoms with E-state index in [2.05, 4.69) is 20.1 Å². The molecule has 136 valence electrons. The van der Waals surface area contributed by atoms with E-state index in [1.165, 1.54) is 0 Å². The molecular weight excluding hydrogens is 379 g/mol. The van der Waals surface area contributed by atoms with Gasteiger partial charge in [-0.3, -0.25) is 9.69 Å². The summed E-state index contributed by atoms with van der Waals surface area (Å²) in [7, 11) is 0. The van der Waals surface area contributed by atoms with Crippen LogP contribution in [0, 0.1) is 0 Å². The van der Waals surface area contributed by atoms with Gasteiger partial charge in [-0.05, 0) is 6.07 Å². The van der Waals surface area contributed by atoms with Gasteiger partial charge in [0.1, 0.15) is 12.3 Å². The number of aromatic nitrogens is 3. The lowest BCUT2D eigenvalue weighted by Crippen LogP contribution is -2.59. The van der Waals surface area contributed by atoms with E-state index in [1.807, 2.05) is 4.90 Å². The lowest BCUT2D eigenvalue weighted by Gasteiger charge is -2.42. The number of hydrogen-bond donors (Lipinski definition) is 1. The summed E-state index contributed by atoms with van der Waals surface area (Å²) in [5.41, 5.74) is 7.09. The van der Waals surface area contributed by atoms with Crippen LogP contribution in [0.15, 0.2) is 18.2 Å². The molecule has 2 aromatic rings. The van der Waals surface area contributed by atoms with Crippen molar-refractivity contribution in [2.24, 2.45) is 0 Å². The van der Waals surface area contributed by atoms with Crippen LogP contribution in [-0.2, 0) is 9.53 Å². The number of nitrogens with zero attached hydrogens (tertiary/aromatic N) is 5. The Morgan fingerprint density at radius 2 is 2.08 bits per heavy atom. The Morgan fingerprint density at radius 3 is 2.88 bits per heavy atom. The number of rotatable bonds is 2. The molecule has 0 saturated carbocycles. The van der Waals surface area contributed by atoms with Crippen molar-refractivity contribution in [3.05, 3.63) is 28.2 Å². The Balaban J connectivity index is 1.57.